The van der Waals surface area contributed by atoms with Crippen molar-refractivity contribution in [1.29, 1.82) is 0 Å². The molecule has 4 rings (SSSR count). The summed E-state index contributed by atoms with van der Waals surface area (Å²) in [7, 11) is 0. The molecule has 3 aliphatic heterocycles. The van der Waals surface area contributed by atoms with Gasteiger partial charge in [-0.2, -0.15) is 0 Å². The van der Waals surface area contributed by atoms with Crippen LogP contribution in [0, 0.1) is 11.8 Å². The summed E-state index contributed by atoms with van der Waals surface area (Å²) in [4.78, 5) is 25.1. The number of fused-ring (bicyclic) bond motifs is 4. The Bertz CT molecular complexity index is 563. The van der Waals surface area contributed by atoms with Gasteiger partial charge in [-0.3, -0.25) is 9.78 Å². The number of nitrogens with two attached hydrogens (primary N) is 1. The molecule has 0 spiro atoms. The summed E-state index contributed by atoms with van der Waals surface area (Å²) in [5, 5.41) is 0. The molecular weight excluding hydrogens is 266 g/mol. The Labute approximate surface area is 124 Å². The van der Waals surface area contributed by atoms with Crippen molar-refractivity contribution in [3.8, 4) is 0 Å². The van der Waals surface area contributed by atoms with Crippen LogP contribution in [0.1, 0.15) is 25.7 Å². The van der Waals surface area contributed by atoms with Gasteiger partial charge in [0.2, 0.25) is 5.91 Å². The number of piperidine rings is 3. The highest BCUT2D eigenvalue weighted by Gasteiger charge is 2.44. The Kier molecular flexibility index (Phi) is 2.97. The van der Waals surface area contributed by atoms with E-state index in [1.807, 2.05) is 0 Å². The monoisotopic (exact) mass is 287 g/mol. The molecule has 2 N–H and O–H groups in total. The third-order valence-corrected chi connectivity index (χ3v) is 5.14. The molecule has 3 fully saturated rings. The SMILES string of the molecule is Nc1cncc(N2C[C@@H]3C[C@H](C2)[C@@H]2CCCC(=O)N2C3)n1. The second-order valence-electron chi connectivity index (χ2n) is 6.57. The highest BCUT2D eigenvalue weighted by Crippen LogP contribution is 2.38. The minimum absolute atomic E-state index is 0.359. The average Bonchev–Trinajstić information content (AvgIpc) is 2.48. The number of nitrogen functional groups attached to an aromatic ring is 1. The molecule has 3 saturated heterocycles. The normalized spacial score (nSPS) is 32.0. The van der Waals surface area contributed by atoms with Crippen molar-refractivity contribution in [3.63, 3.8) is 0 Å². The van der Waals surface area contributed by atoms with Crippen LogP contribution in [0.15, 0.2) is 12.4 Å². The molecule has 1 amide bonds. The standard InChI is InChI=1S/C15H21N5O/c16-13-5-17-6-14(18-13)19-7-10-4-11(9-19)12-2-1-3-15(21)20(12)8-10/h5-6,10-12H,1-4,7-9H2,(H2,16,18)/t10-,11+,12-/m0/s1. The lowest BCUT2D eigenvalue weighted by Gasteiger charge is -2.52. The minimum Gasteiger partial charge on any atom is -0.382 e. The zero-order valence-corrected chi connectivity index (χ0v) is 12.1. The van der Waals surface area contributed by atoms with Crippen LogP contribution < -0.4 is 10.6 Å². The number of aromatic nitrogens is 2. The Morgan fingerprint density at radius 1 is 1.24 bits per heavy atom. The van der Waals surface area contributed by atoms with Gasteiger partial charge in [-0.1, -0.05) is 0 Å². The number of hydrogen-bond donors (Lipinski definition) is 1. The van der Waals surface area contributed by atoms with Crippen LogP contribution >= 0.6 is 0 Å². The summed E-state index contributed by atoms with van der Waals surface area (Å²) < 4.78 is 0. The van der Waals surface area contributed by atoms with Gasteiger partial charge in [0.1, 0.15) is 11.6 Å². The molecule has 0 radical (unpaired) electrons. The maximum Gasteiger partial charge on any atom is 0.222 e. The zero-order valence-electron chi connectivity index (χ0n) is 12.1. The predicted molar refractivity (Wildman–Crippen MR) is 79.6 cm³/mol. The fourth-order valence-electron chi connectivity index (χ4n) is 4.32. The van der Waals surface area contributed by atoms with Gasteiger partial charge in [0.15, 0.2) is 0 Å². The zero-order chi connectivity index (χ0) is 14.4. The van der Waals surface area contributed by atoms with Gasteiger partial charge < -0.3 is 15.5 Å². The first-order valence-corrected chi connectivity index (χ1v) is 7.82. The first-order valence-electron chi connectivity index (χ1n) is 7.82. The third-order valence-electron chi connectivity index (χ3n) is 5.14. The smallest absolute Gasteiger partial charge is 0.222 e. The van der Waals surface area contributed by atoms with E-state index in [-0.39, 0.29) is 0 Å². The van der Waals surface area contributed by atoms with E-state index in [0.29, 0.717) is 29.6 Å². The summed E-state index contributed by atoms with van der Waals surface area (Å²) in [6.45, 7) is 2.82. The number of carbonyl (C=O) groups excluding carboxylic acids is 1. The summed E-state index contributed by atoms with van der Waals surface area (Å²) >= 11 is 0. The van der Waals surface area contributed by atoms with Crippen LogP contribution in [-0.2, 0) is 4.79 Å². The fraction of sp³-hybridized carbons (Fsp3) is 0.667. The van der Waals surface area contributed by atoms with Crippen molar-refractivity contribution in [1.82, 2.24) is 14.9 Å². The van der Waals surface area contributed by atoms with Gasteiger partial charge in [0, 0.05) is 32.1 Å². The molecule has 1 aromatic rings. The van der Waals surface area contributed by atoms with E-state index >= 15 is 0 Å². The number of rotatable bonds is 1. The maximum absolute atomic E-state index is 12.1. The molecule has 0 saturated carbocycles. The molecule has 6 nitrogen and oxygen atoms in total. The minimum atomic E-state index is 0.359. The average molecular weight is 287 g/mol. The molecule has 0 aromatic carbocycles. The number of anilines is 2. The largest absolute Gasteiger partial charge is 0.382 e. The fourth-order valence-corrected chi connectivity index (χ4v) is 4.32. The van der Waals surface area contributed by atoms with E-state index in [1.54, 1.807) is 12.4 Å². The van der Waals surface area contributed by atoms with Crippen molar-refractivity contribution < 1.29 is 4.79 Å². The Hall–Kier alpha value is -1.85. The summed E-state index contributed by atoms with van der Waals surface area (Å²) in [6, 6.07) is 0.430. The van der Waals surface area contributed by atoms with E-state index in [1.165, 1.54) is 6.42 Å². The van der Waals surface area contributed by atoms with Crippen molar-refractivity contribution in [3.05, 3.63) is 12.4 Å². The van der Waals surface area contributed by atoms with E-state index in [9.17, 15) is 4.79 Å². The highest BCUT2D eigenvalue weighted by molar-refractivity contribution is 5.77. The van der Waals surface area contributed by atoms with Crippen molar-refractivity contribution in [2.24, 2.45) is 11.8 Å². The van der Waals surface area contributed by atoms with Gasteiger partial charge >= 0.3 is 0 Å². The molecule has 3 atom stereocenters. The number of nitrogens with zero attached hydrogens (tertiary/aromatic N) is 4. The quantitative estimate of drug-likeness (QED) is 0.830. The van der Waals surface area contributed by atoms with E-state index in [0.717, 1.165) is 44.7 Å². The van der Waals surface area contributed by atoms with Gasteiger partial charge in [-0.15, -0.1) is 0 Å². The van der Waals surface area contributed by atoms with Crippen LogP contribution in [-0.4, -0.2) is 46.5 Å². The molecule has 1 aromatic heterocycles. The van der Waals surface area contributed by atoms with Crippen LogP contribution in [0.2, 0.25) is 0 Å². The van der Waals surface area contributed by atoms with Gasteiger partial charge in [-0.05, 0) is 31.1 Å². The predicted octanol–water partition coefficient (Wildman–Crippen LogP) is 0.896. The summed E-state index contributed by atoms with van der Waals surface area (Å²) in [5.41, 5.74) is 5.75. The number of carbonyl (C=O) groups is 1. The third kappa shape index (κ3) is 2.22. The summed E-state index contributed by atoms with van der Waals surface area (Å²) in [5.74, 6) is 2.81. The molecule has 4 heterocycles. The van der Waals surface area contributed by atoms with Crippen LogP contribution in [0.3, 0.4) is 0 Å². The summed E-state index contributed by atoms with van der Waals surface area (Å²) in [6.07, 6.45) is 7.54. The number of hydrogen-bond acceptors (Lipinski definition) is 5. The van der Waals surface area contributed by atoms with Crippen LogP contribution in [0.25, 0.3) is 0 Å². The second-order valence-corrected chi connectivity index (χ2v) is 6.57. The van der Waals surface area contributed by atoms with Gasteiger partial charge in [0.25, 0.3) is 0 Å². The molecule has 2 bridgehead atoms. The lowest BCUT2D eigenvalue weighted by Crippen LogP contribution is -2.60. The molecule has 0 aliphatic carbocycles. The van der Waals surface area contributed by atoms with E-state index in [2.05, 4.69) is 19.8 Å². The maximum atomic E-state index is 12.1. The molecular formula is C15H21N5O. The number of amides is 1. The second kappa shape index (κ2) is 4.86. The van der Waals surface area contributed by atoms with Gasteiger partial charge in [-0.25, -0.2) is 4.98 Å². The first-order chi connectivity index (χ1) is 10.2. The molecule has 3 aliphatic rings. The van der Waals surface area contributed by atoms with Crippen molar-refractivity contribution in [2.45, 2.75) is 31.7 Å². The van der Waals surface area contributed by atoms with Crippen molar-refractivity contribution >= 4 is 17.5 Å². The first kappa shape index (κ1) is 12.9. The molecule has 21 heavy (non-hydrogen) atoms. The Morgan fingerprint density at radius 2 is 2.14 bits per heavy atom. The van der Waals surface area contributed by atoms with Gasteiger partial charge in [0.05, 0.1) is 12.4 Å². The van der Waals surface area contributed by atoms with Crippen LogP contribution in [0.5, 0.6) is 0 Å². The van der Waals surface area contributed by atoms with Crippen molar-refractivity contribution in [2.75, 3.05) is 30.3 Å². The molecule has 6 heteroatoms. The lowest BCUT2D eigenvalue weighted by atomic mass is 9.76. The Balaban J connectivity index is 1.57. The van der Waals surface area contributed by atoms with Crippen LogP contribution in [0.4, 0.5) is 11.6 Å². The topological polar surface area (TPSA) is 75.3 Å². The lowest BCUT2D eigenvalue weighted by molar-refractivity contribution is -0.142. The highest BCUT2D eigenvalue weighted by atomic mass is 16.2. The molecule has 0 unspecified atom stereocenters. The molecule has 112 valence electrons. The van der Waals surface area contributed by atoms with E-state index < -0.39 is 0 Å². The van der Waals surface area contributed by atoms with E-state index in [4.69, 9.17) is 5.73 Å². The Morgan fingerprint density at radius 3 is 3.00 bits per heavy atom.